The lowest BCUT2D eigenvalue weighted by Gasteiger charge is -2.41. The zero-order valence-electron chi connectivity index (χ0n) is 12.5. The second-order valence-corrected chi connectivity index (χ2v) is 7.99. The largest absolute Gasteiger partial charge is 0.452 e. The summed E-state index contributed by atoms with van der Waals surface area (Å²) in [6, 6.07) is 1.59. The molecule has 1 saturated carbocycles. The van der Waals surface area contributed by atoms with Crippen LogP contribution in [0.2, 0.25) is 0 Å². The fraction of sp³-hybridized carbons (Fsp3) is 0.714. The molecule has 1 aliphatic carbocycles. The van der Waals surface area contributed by atoms with Crippen LogP contribution >= 0.6 is 15.9 Å². The van der Waals surface area contributed by atoms with Gasteiger partial charge < -0.3 is 9.73 Å². The summed E-state index contributed by atoms with van der Waals surface area (Å²) < 4.78 is 33.7. The van der Waals surface area contributed by atoms with Crippen LogP contribution in [0.3, 0.4) is 0 Å². The molecule has 1 aromatic rings. The van der Waals surface area contributed by atoms with Gasteiger partial charge >= 0.3 is 0 Å². The molecule has 0 aromatic carbocycles. The molecular weight excluding hydrogens is 356 g/mol. The first kappa shape index (κ1) is 17.0. The molecule has 1 aliphatic rings. The van der Waals surface area contributed by atoms with E-state index in [-0.39, 0.29) is 15.1 Å². The van der Waals surface area contributed by atoms with Gasteiger partial charge in [0.15, 0.2) is 4.67 Å². The fourth-order valence-corrected chi connectivity index (χ4v) is 5.06. The monoisotopic (exact) mass is 378 g/mol. The minimum Gasteiger partial charge on any atom is -0.452 e. The zero-order valence-corrected chi connectivity index (χ0v) is 14.9. The normalized spacial score (nSPS) is 17.7. The molecule has 5 nitrogen and oxygen atoms in total. The summed E-state index contributed by atoms with van der Waals surface area (Å²) in [5, 5.41) is 3.20. The van der Waals surface area contributed by atoms with Gasteiger partial charge in [0.25, 0.3) is 0 Å². The summed E-state index contributed by atoms with van der Waals surface area (Å²) in [6.45, 7) is 5.50. The lowest BCUT2D eigenvalue weighted by molar-refractivity contribution is 0.213. The molecule has 0 atom stereocenters. The highest BCUT2D eigenvalue weighted by Crippen LogP contribution is 2.37. The quantitative estimate of drug-likeness (QED) is 0.681. The second kappa shape index (κ2) is 6.81. The van der Waals surface area contributed by atoms with Gasteiger partial charge in [0.1, 0.15) is 10.7 Å². The molecule has 120 valence electrons. The van der Waals surface area contributed by atoms with E-state index in [4.69, 9.17) is 4.42 Å². The van der Waals surface area contributed by atoms with Gasteiger partial charge in [-0.05, 0) is 54.6 Å². The molecular formula is C14H23BrN2O3S. The minimum absolute atomic E-state index is 0.190. The number of nitrogens with one attached hydrogen (secondary N) is 2. The third kappa shape index (κ3) is 3.88. The molecule has 1 fully saturated rings. The number of hydrogen-bond acceptors (Lipinski definition) is 4. The highest BCUT2D eigenvalue weighted by molar-refractivity contribution is 9.10. The Hall–Kier alpha value is -0.370. The van der Waals surface area contributed by atoms with E-state index in [0.29, 0.717) is 12.3 Å². The standard InChI is InChI=1S/C14H23BrN2O3S/c1-3-8-16-10-11-9-12(13(15)20-11)21(18,19)17-14(4-2)6-5-7-14/h9,16-17H,3-8,10H2,1-2H3. The third-order valence-electron chi connectivity index (χ3n) is 4.06. The van der Waals surface area contributed by atoms with Gasteiger partial charge in [-0.2, -0.15) is 0 Å². The van der Waals surface area contributed by atoms with E-state index in [2.05, 4.69) is 32.9 Å². The molecule has 0 bridgehead atoms. The summed E-state index contributed by atoms with van der Waals surface area (Å²) in [7, 11) is -3.55. The van der Waals surface area contributed by atoms with E-state index in [1.54, 1.807) is 6.07 Å². The molecule has 2 rings (SSSR count). The highest BCUT2D eigenvalue weighted by atomic mass is 79.9. The molecule has 1 heterocycles. The smallest absolute Gasteiger partial charge is 0.245 e. The highest BCUT2D eigenvalue weighted by Gasteiger charge is 2.40. The van der Waals surface area contributed by atoms with Gasteiger partial charge in [0.05, 0.1) is 6.54 Å². The van der Waals surface area contributed by atoms with Gasteiger partial charge in [0.2, 0.25) is 10.0 Å². The maximum atomic E-state index is 12.5. The van der Waals surface area contributed by atoms with Crippen LogP contribution in [0.15, 0.2) is 20.0 Å². The van der Waals surface area contributed by atoms with E-state index in [1.807, 2.05) is 6.92 Å². The molecule has 0 aliphatic heterocycles. The van der Waals surface area contributed by atoms with Crippen molar-refractivity contribution in [3.63, 3.8) is 0 Å². The molecule has 21 heavy (non-hydrogen) atoms. The number of furan rings is 1. The zero-order chi connectivity index (χ0) is 15.5. The first-order valence-corrected chi connectivity index (χ1v) is 9.73. The fourth-order valence-electron chi connectivity index (χ4n) is 2.53. The van der Waals surface area contributed by atoms with Crippen LogP contribution in [0.1, 0.15) is 51.7 Å². The Morgan fingerprint density at radius 3 is 2.62 bits per heavy atom. The Bertz CT molecular complexity index is 574. The Morgan fingerprint density at radius 1 is 1.38 bits per heavy atom. The molecule has 7 heteroatoms. The maximum Gasteiger partial charge on any atom is 0.245 e. The first-order valence-electron chi connectivity index (χ1n) is 7.45. The molecule has 2 N–H and O–H groups in total. The average Bonchev–Trinajstić information content (AvgIpc) is 2.76. The first-order chi connectivity index (χ1) is 9.92. The van der Waals surface area contributed by atoms with Crippen molar-refractivity contribution in [3.8, 4) is 0 Å². The van der Waals surface area contributed by atoms with Crippen LogP contribution in [-0.2, 0) is 16.6 Å². The summed E-state index contributed by atoms with van der Waals surface area (Å²) in [4.78, 5) is 0.190. The predicted molar refractivity (Wildman–Crippen MR) is 85.6 cm³/mol. The van der Waals surface area contributed by atoms with Crippen molar-refractivity contribution >= 4 is 26.0 Å². The Kier molecular flexibility index (Phi) is 5.51. The average molecular weight is 379 g/mol. The number of rotatable bonds is 8. The van der Waals surface area contributed by atoms with Crippen LogP contribution in [0, 0.1) is 0 Å². The van der Waals surface area contributed by atoms with Gasteiger partial charge in [-0.3, -0.25) is 0 Å². The maximum absolute atomic E-state index is 12.5. The van der Waals surface area contributed by atoms with Crippen molar-refractivity contribution in [3.05, 3.63) is 16.5 Å². The van der Waals surface area contributed by atoms with Crippen molar-refractivity contribution < 1.29 is 12.8 Å². The van der Waals surface area contributed by atoms with Crippen molar-refractivity contribution in [1.82, 2.24) is 10.0 Å². The lowest BCUT2D eigenvalue weighted by atomic mass is 9.76. The number of halogens is 1. The Balaban J connectivity index is 2.12. The van der Waals surface area contributed by atoms with Crippen LogP contribution in [0.4, 0.5) is 0 Å². The van der Waals surface area contributed by atoms with Gasteiger partial charge in [0, 0.05) is 11.6 Å². The van der Waals surface area contributed by atoms with Crippen LogP contribution in [0.25, 0.3) is 0 Å². The van der Waals surface area contributed by atoms with E-state index in [9.17, 15) is 8.42 Å². The summed E-state index contributed by atoms with van der Waals surface area (Å²) >= 11 is 3.22. The van der Waals surface area contributed by atoms with E-state index >= 15 is 0 Å². The summed E-state index contributed by atoms with van der Waals surface area (Å²) in [5.74, 6) is 0.620. The van der Waals surface area contributed by atoms with Crippen molar-refractivity contribution in [2.75, 3.05) is 6.54 Å². The molecule has 0 amide bonds. The van der Waals surface area contributed by atoms with Crippen molar-refractivity contribution in [1.29, 1.82) is 0 Å². The van der Waals surface area contributed by atoms with Crippen molar-refractivity contribution in [2.24, 2.45) is 0 Å². The second-order valence-electron chi connectivity index (χ2n) is 5.62. The molecule has 0 saturated heterocycles. The molecule has 0 spiro atoms. The SMILES string of the molecule is CCCNCc1cc(S(=O)(=O)NC2(CC)CCC2)c(Br)o1. The van der Waals surface area contributed by atoms with E-state index < -0.39 is 10.0 Å². The number of sulfonamides is 1. The number of hydrogen-bond donors (Lipinski definition) is 2. The van der Waals surface area contributed by atoms with Gasteiger partial charge in [-0.15, -0.1) is 0 Å². The van der Waals surface area contributed by atoms with E-state index in [1.165, 1.54) is 0 Å². The Labute approximate surface area is 135 Å². The summed E-state index contributed by atoms with van der Waals surface area (Å²) in [5.41, 5.74) is -0.268. The predicted octanol–water partition coefficient (Wildman–Crippen LogP) is 3.15. The van der Waals surface area contributed by atoms with Crippen LogP contribution < -0.4 is 10.0 Å². The van der Waals surface area contributed by atoms with Crippen molar-refractivity contribution in [2.45, 2.75) is 62.9 Å². The van der Waals surface area contributed by atoms with Gasteiger partial charge in [-0.1, -0.05) is 13.8 Å². The molecule has 0 unspecified atom stereocenters. The molecule has 1 aromatic heterocycles. The topological polar surface area (TPSA) is 71.3 Å². The minimum atomic E-state index is -3.55. The van der Waals surface area contributed by atoms with E-state index in [0.717, 1.165) is 38.6 Å². The summed E-state index contributed by atoms with van der Waals surface area (Å²) in [6.07, 6.45) is 4.72. The lowest BCUT2D eigenvalue weighted by Crippen LogP contribution is -2.52. The molecule has 0 radical (unpaired) electrons. The van der Waals surface area contributed by atoms with Crippen LogP contribution in [0.5, 0.6) is 0 Å². The Morgan fingerprint density at radius 2 is 2.10 bits per heavy atom. The van der Waals surface area contributed by atoms with Crippen LogP contribution in [-0.4, -0.2) is 20.5 Å². The third-order valence-corrected chi connectivity index (χ3v) is 6.50. The van der Waals surface area contributed by atoms with Gasteiger partial charge in [-0.25, -0.2) is 13.1 Å².